The van der Waals surface area contributed by atoms with Gasteiger partial charge in [-0.3, -0.25) is 10.1 Å². The normalized spacial score (nSPS) is 10.4. The predicted octanol–water partition coefficient (Wildman–Crippen LogP) is 3.07. The van der Waals surface area contributed by atoms with E-state index in [-0.39, 0.29) is 11.3 Å². The van der Waals surface area contributed by atoms with Gasteiger partial charge >= 0.3 is 5.97 Å². The Balaban J connectivity index is 3.27. The summed E-state index contributed by atoms with van der Waals surface area (Å²) in [5, 5.41) is 10.8. The Morgan fingerprint density at radius 3 is 2.68 bits per heavy atom. The lowest BCUT2D eigenvalue weighted by Gasteiger charge is -2.00. The van der Waals surface area contributed by atoms with E-state index in [0.29, 0.717) is 5.56 Å². The van der Waals surface area contributed by atoms with Gasteiger partial charge in [0.1, 0.15) is 0 Å². The maximum absolute atomic E-state index is 11.4. The van der Waals surface area contributed by atoms with Gasteiger partial charge in [0, 0.05) is 17.7 Å². The van der Waals surface area contributed by atoms with Crippen LogP contribution in [0.15, 0.2) is 27.9 Å². The predicted molar refractivity (Wildman–Crippen MR) is 79.1 cm³/mol. The van der Waals surface area contributed by atoms with Gasteiger partial charge in [0.25, 0.3) is 5.69 Å². The fourth-order valence-corrected chi connectivity index (χ4v) is 1.40. The van der Waals surface area contributed by atoms with Crippen LogP contribution < -0.4 is 0 Å². The molecule has 19 heavy (non-hydrogen) atoms. The average molecular weight is 371 g/mol. The zero-order valence-electron chi connectivity index (χ0n) is 10.3. The molecule has 0 aromatic heterocycles. The molecule has 0 fully saturated rings. The van der Waals surface area contributed by atoms with Crippen LogP contribution in [0.2, 0.25) is 0 Å². The van der Waals surface area contributed by atoms with Crippen LogP contribution in [-0.2, 0) is 4.74 Å². The lowest BCUT2D eigenvalue weighted by atomic mass is 10.1. The molecule has 98 valence electrons. The third-order valence-corrected chi connectivity index (χ3v) is 2.35. The van der Waals surface area contributed by atoms with Crippen LogP contribution in [0.3, 0.4) is 0 Å². The SMILES string of the molecule is COC(=O)c1cc(C#C/C=C(\C)I)cc([N+](=O)[O-])c1. The van der Waals surface area contributed by atoms with Gasteiger partial charge in [-0.05, 0) is 45.2 Å². The monoisotopic (exact) mass is 371 g/mol. The molecule has 0 radical (unpaired) electrons. The lowest BCUT2D eigenvalue weighted by molar-refractivity contribution is -0.384. The largest absolute Gasteiger partial charge is 0.465 e. The fourth-order valence-electron chi connectivity index (χ4n) is 1.24. The lowest BCUT2D eigenvalue weighted by Crippen LogP contribution is -2.02. The van der Waals surface area contributed by atoms with E-state index in [2.05, 4.69) is 39.2 Å². The molecule has 0 N–H and O–H groups in total. The first-order valence-corrected chi connectivity index (χ1v) is 6.23. The number of hydrogen-bond donors (Lipinski definition) is 0. The molecular formula is C13H10INO4. The van der Waals surface area contributed by atoms with Crippen molar-refractivity contribution in [1.29, 1.82) is 0 Å². The number of methoxy groups -OCH3 is 1. The van der Waals surface area contributed by atoms with Gasteiger partial charge in [0.15, 0.2) is 0 Å². The second kappa shape index (κ2) is 6.89. The van der Waals surface area contributed by atoms with Gasteiger partial charge in [0.05, 0.1) is 17.6 Å². The van der Waals surface area contributed by atoms with Crippen molar-refractivity contribution in [1.82, 2.24) is 0 Å². The molecular weight excluding hydrogens is 361 g/mol. The highest BCUT2D eigenvalue weighted by Crippen LogP contribution is 2.17. The Morgan fingerprint density at radius 2 is 2.16 bits per heavy atom. The third kappa shape index (κ3) is 4.71. The number of rotatable bonds is 2. The number of nitro benzene ring substituents is 1. The summed E-state index contributed by atoms with van der Waals surface area (Å²) in [6.45, 7) is 1.88. The summed E-state index contributed by atoms with van der Waals surface area (Å²) in [4.78, 5) is 21.6. The van der Waals surface area contributed by atoms with Crippen LogP contribution in [0.4, 0.5) is 5.69 Å². The van der Waals surface area contributed by atoms with Crippen LogP contribution in [0, 0.1) is 22.0 Å². The maximum Gasteiger partial charge on any atom is 0.338 e. The fraction of sp³-hybridized carbons (Fsp3) is 0.154. The number of nitrogens with zero attached hydrogens (tertiary/aromatic N) is 1. The van der Waals surface area contributed by atoms with Crippen molar-refractivity contribution in [3.8, 4) is 11.8 Å². The van der Waals surface area contributed by atoms with E-state index < -0.39 is 10.9 Å². The van der Waals surface area contributed by atoms with Crippen molar-refractivity contribution in [3.05, 3.63) is 49.1 Å². The van der Waals surface area contributed by atoms with Crippen LogP contribution >= 0.6 is 22.6 Å². The first-order valence-electron chi connectivity index (χ1n) is 5.15. The minimum absolute atomic E-state index is 0.108. The zero-order chi connectivity index (χ0) is 14.4. The number of hydrogen-bond acceptors (Lipinski definition) is 4. The zero-order valence-corrected chi connectivity index (χ0v) is 12.4. The molecule has 0 atom stereocenters. The minimum Gasteiger partial charge on any atom is -0.465 e. The molecule has 0 bridgehead atoms. The number of non-ortho nitro benzene ring substituents is 1. The van der Waals surface area contributed by atoms with Crippen molar-refractivity contribution in [3.63, 3.8) is 0 Å². The first-order chi connectivity index (χ1) is 8.93. The molecule has 0 heterocycles. The summed E-state index contributed by atoms with van der Waals surface area (Å²) in [7, 11) is 1.22. The van der Waals surface area contributed by atoms with Gasteiger partial charge in [-0.25, -0.2) is 4.79 Å². The molecule has 5 nitrogen and oxygen atoms in total. The first kappa shape index (κ1) is 15.2. The number of halogens is 1. The average Bonchev–Trinajstić information content (AvgIpc) is 2.37. The molecule has 0 aliphatic carbocycles. The number of esters is 1. The molecule has 1 aromatic rings. The second-order valence-corrected chi connectivity index (χ2v) is 5.22. The minimum atomic E-state index is -0.632. The molecule has 0 unspecified atom stereocenters. The van der Waals surface area contributed by atoms with E-state index in [1.807, 2.05) is 6.92 Å². The maximum atomic E-state index is 11.4. The topological polar surface area (TPSA) is 69.4 Å². The smallest absolute Gasteiger partial charge is 0.338 e. The Hall–Kier alpha value is -1.88. The molecule has 0 spiro atoms. The molecule has 0 amide bonds. The number of benzene rings is 1. The summed E-state index contributed by atoms with van der Waals surface area (Å²) in [5.41, 5.74) is 0.307. The molecule has 6 heteroatoms. The van der Waals surface area contributed by atoms with Crippen LogP contribution in [0.25, 0.3) is 0 Å². The van der Waals surface area contributed by atoms with Crippen molar-refractivity contribution < 1.29 is 14.5 Å². The summed E-state index contributed by atoms with van der Waals surface area (Å²) in [6, 6.07) is 3.94. The van der Waals surface area contributed by atoms with E-state index in [1.165, 1.54) is 19.2 Å². The van der Waals surface area contributed by atoms with Gasteiger partial charge in [-0.2, -0.15) is 0 Å². The number of nitro groups is 1. The summed E-state index contributed by atoms with van der Waals surface area (Å²) in [6.07, 6.45) is 1.68. The number of carbonyl (C=O) groups excluding carboxylic acids is 1. The Kier molecular flexibility index (Phi) is 5.51. The van der Waals surface area contributed by atoms with E-state index in [4.69, 9.17) is 0 Å². The van der Waals surface area contributed by atoms with Gasteiger partial charge in [0.2, 0.25) is 0 Å². The molecule has 0 aliphatic heterocycles. The third-order valence-electron chi connectivity index (χ3n) is 2.04. The summed E-state index contributed by atoms with van der Waals surface area (Å²) < 4.78 is 5.54. The quantitative estimate of drug-likeness (QED) is 0.263. The van der Waals surface area contributed by atoms with Crippen molar-refractivity contribution in [2.75, 3.05) is 7.11 Å². The highest BCUT2D eigenvalue weighted by molar-refractivity contribution is 14.1. The standard InChI is InChI=1S/C13H10INO4/c1-9(14)4-3-5-10-6-11(13(16)19-2)8-12(7-10)15(17)18/h4,6-8H,1-2H3/b9-4+. The molecule has 0 aliphatic rings. The number of ether oxygens (including phenoxy) is 1. The van der Waals surface area contributed by atoms with Crippen molar-refractivity contribution in [2.45, 2.75) is 6.92 Å². The van der Waals surface area contributed by atoms with E-state index in [1.54, 1.807) is 6.08 Å². The summed E-state index contributed by atoms with van der Waals surface area (Å²) >= 11 is 2.10. The molecule has 1 rings (SSSR count). The molecule has 1 aromatic carbocycles. The van der Waals surface area contributed by atoms with Gasteiger partial charge in [-0.1, -0.05) is 11.8 Å². The van der Waals surface area contributed by atoms with E-state index >= 15 is 0 Å². The van der Waals surface area contributed by atoms with Crippen LogP contribution in [0.5, 0.6) is 0 Å². The Bertz CT molecular complexity index is 607. The highest BCUT2D eigenvalue weighted by Gasteiger charge is 2.14. The molecule has 0 saturated heterocycles. The Morgan fingerprint density at radius 1 is 1.47 bits per heavy atom. The number of carbonyl (C=O) groups is 1. The summed E-state index contributed by atoms with van der Waals surface area (Å²) in [5.74, 6) is 4.87. The van der Waals surface area contributed by atoms with Crippen LogP contribution in [-0.4, -0.2) is 18.0 Å². The van der Waals surface area contributed by atoms with Crippen LogP contribution in [0.1, 0.15) is 22.8 Å². The highest BCUT2D eigenvalue weighted by atomic mass is 127. The van der Waals surface area contributed by atoms with Gasteiger partial charge < -0.3 is 4.74 Å². The van der Waals surface area contributed by atoms with Crippen molar-refractivity contribution >= 4 is 34.2 Å². The van der Waals surface area contributed by atoms with Crippen molar-refractivity contribution in [2.24, 2.45) is 0 Å². The number of allylic oxidation sites excluding steroid dienone is 2. The second-order valence-electron chi connectivity index (χ2n) is 3.52. The van der Waals surface area contributed by atoms with E-state index in [0.717, 1.165) is 9.65 Å². The Labute approximate surface area is 123 Å². The van der Waals surface area contributed by atoms with E-state index in [9.17, 15) is 14.9 Å². The molecule has 0 saturated carbocycles. The van der Waals surface area contributed by atoms with Gasteiger partial charge in [-0.15, -0.1) is 0 Å².